The molecule has 2 heterocycles. The van der Waals surface area contributed by atoms with Crippen molar-refractivity contribution < 1.29 is 0 Å². The molecule has 0 aliphatic carbocycles. The fraction of sp³-hybridized carbons (Fsp3) is 0.400. The van der Waals surface area contributed by atoms with Crippen LogP contribution < -0.4 is 9.80 Å². The molecule has 0 bridgehead atoms. The predicted octanol–water partition coefficient (Wildman–Crippen LogP) is 2.48. The Balaban J connectivity index is 1.93. The van der Waals surface area contributed by atoms with Crippen molar-refractivity contribution in [1.29, 1.82) is 0 Å². The van der Waals surface area contributed by atoms with Crippen LogP contribution >= 0.6 is 0 Å². The van der Waals surface area contributed by atoms with Crippen molar-refractivity contribution in [3.8, 4) is 0 Å². The van der Waals surface area contributed by atoms with E-state index in [0.717, 1.165) is 25.3 Å². The van der Waals surface area contributed by atoms with Gasteiger partial charge in [-0.05, 0) is 26.0 Å². The molecule has 1 aliphatic rings. The van der Waals surface area contributed by atoms with Crippen LogP contribution in [-0.4, -0.2) is 30.3 Å². The van der Waals surface area contributed by atoms with E-state index in [1.54, 1.807) is 0 Å². The lowest BCUT2D eigenvalue weighted by atomic mass is 10.1. The third-order valence-electron chi connectivity index (χ3n) is 3.97. The highest BCUT2D eigenvalue weighted by molar-refractivity contribution is 5.73. The highest BCUT2D eigenvalue weighted by Gasteiger charge is 2.21. The molecule has 0 spiro atoms. The number of anilines is 2. The van der Waals surface area contributed by atoms with Gasteiger partial charge in [0.2, 0.25) is 0 Å². The highest BCUT2D eigenvalue weighted by atomic mass is 15.3. The summed E-state index contributed by atoms with van der Waals surface area (Å²) in [6.07, 6.45) is 0. The number of hydrogen-bond donors (Lipinski definition) is 1. The fourth-order valence-electron chi connectivity index (χ4n) is 2.73. The first kappa shape index (κ1) is 12.1. The smallest absolute Gasteiger partial charge is 0.0643 e. The molecule has 1 aliphatic heterocycles. The van der Waals surface area contributed by atoms with Crippen LogP contribution in [0.3, 0.4) is 0 Å². The Bertz CT molecular complexity index is 568. The van der Waals surface area contributed by atoms with Crippen molar-refractivity contribution in [2.24, 2.45) is 0 Å². The monoisotopic (exact) mass is 256 g/mol. The Kier molecular flexibility index (Phi) is 2.93. The first-order chi connectivity index (χ1) is 9.16. The summed E-state index contributed by atoms with van der Waals surface area (Å²) in [7, 11) is 2.16. The summed E-state index contributed by atoms with van der Waals surface area (Å²) in [6.45, 7) is 7.21. The van der Waals surface area contributed by atoms with Crippen LogP contribution in [0.5, 0.6) is 0 Å². The molecule has 1 aromatic heterocycles. The maximum Gasteiger partial charge on any atom is 0.0643 e. The number of nitrogens with zero attached hydrogens (tertiary/aromatic N) is 3. The molecule has 0 amide bonds. The molecule has 0 unspecified atom stereocenters. The molecule has 0 fully saturated rings. The minimum Gasteiger partial charge on any atom is -0.371 e. The van der Waals surface area contributed by atoms with Crippen LogP contribution in [0.15, 0.2) is 24.3 Å². The molecular weight excluding hydrogens is 236 g/mol. The standard InChI is InChI=1S/C15H20N4/c1-11-13(12(2)17-16-11)10-19-9-8-18(3)14-6-4-5-7-15(14)19/h4-7H,8-10H2,1-3H3,(H,16,17). The second-order valence-corrected chi connectivity index (χ2v) is 5.24. The topological polar surface area (TPSA) is 35.2 Å². The van der Waals surface area contributed by atoms with Crippen LogP contribution in [0, 0.1) is 13.8 Å². The third-order valence-corrected chi connectivity index (χ3v) is 3.97. The normalized spacial score (nSPS) is 14.7. The zero-order valence-corrected chi connectivity index (χ0v) is 11.8. The van der Waals surface area contributed by atoms with Gasteiger partial charge >= 0.3 is 0 Å². The van der Waals surface area contributed by atoms with Crippen molar-refractivity contribution >= 4 is 11.4 Å². The molecular formula is C15H20N4. The lowest BCUT2D eigenvalue weighted by Gasteiger charge is -2.37. The number of aromatic nitrogens is 2. The Morgan fingerprint density at radius 3 is 2.58 bits per heavy atom. The van der Waals surface area contributed by atoms with Gasteiger partial charge in [0.05, 0.1) is 17.1 Å². The van der Waals surface area contributed by atoms with Gasteiger partial charge in [0, 0.05) is 37.9 Å². The lowest BCUT2D eigenvalue weighted by Crippen LogP contribution is -2.38. The maximum absolute atomic E-state index is 4.29. The summed E-state index contributed by atoms with van der Waals surface area (Å²) in [4.78, 5) is 4.76. The summed E-state index contributed by atoms with van der Waals surface area (Å²) in [5, 5.41) is 7.36. The number of rotatable bonds is 2. The minimum atomic E-state index is 0.930. The largest absolute Gasteiger partial charge is 0.371 e. The van der Waals surface area contributed by atoms with Crippen molar-refractivity contribution in [3.63, 3.8) is 0 Å². The number of H-pyrrole nitrogens is 1. The van der Waals surface area contributed by atoms with Crippen LogP contribution in [0.1, 0.15) is 17.0 Å². The number of aromatic amines is 1. The number of fused-ring (bicyclic) bond motifs is 1. The first-order valence-electron chi connectivity index (χ1n) is 6.72. The molecule has 4 nitrogen and oxygen atoms in total. The highest BCUT2D eigenvalue weighted by Crippen LogP contribution is 2.33. The van der Waals surface area contributed by atoms with E-state index < -0.39 is 0 Å². The fourth-order valence-corrected chi connectivity index (χ4v) is 2.73. The van der Waals surface area contributed by atoms with E-state index in [2.05, 4.69) is 65.2 Å². The number of likely N-dealkylation sites (N-methyl/N-ethyl adjacent to an activating group) is 1. The molecule has 0 saturated carbocycles. The third kappa shape index (κ3) is 2.07. The van der Waals surface area contributed by atoms with E-state index in [1.165, 1.54) is 22.6 Å². The summed E-state index contributed by atoms with van der Waals surface area (Å²) in [5.41, 5.74) is 6.23. The van der Waals surface area contributed by atoms with Crippen LogP contribution in [0.2, 0.25) is 0 Å². The zero-order valence-electron chi connectivity index (χ0n) is 11.8. The summed E-state index contributed by atoms with van der Waals surface area (Å²) >= 11 is 0. The van der Waals surface area contributed by atoms with Crippen LogP contribution in [0.25, 0.3) is 0 Å². The van der Waals surface area contributed by atoms with Crippen molar-refractivity contribution in [1.82, 2.24) is 10.2 Å². The summed E-state index contributed by atoms with van der Waals surface area (Å²) in [6, 6.07) is 8.61. The molecule has 4 heteroatoms. The number of benzene rings is 1. The zero-order chi connectivity index (χ0) is 13.4. The average Bonchev–Trinajstić information content (AvgIpc) is 2.74. The van der Waals surface area contributed by atoms with Gasteiger partial charge in [-0.3, -0.25) is 5.10 Å². The average molecular weight is 256 g/mol. The molecule has 19 heavy (non-hydrogen) atoms. The summed E-state index contributed by atoms with van der Waals surface area (Å²) < 4.78 is 0. The minimum absolute atomic E-state index is 0.930. The first-order valence-corrected chi connectivity index (χ1v) is 6.72. The molecule has 1 aromatic carbocycles. The molecule has 3 rings (SSSR count). The predicted molar refractivity (Wildman–Crippen MR) is 78.8 cm³/mol. The number of nitrogens with one attached hydrogen (secondary N) is 1. The van der Waals surface area contributed by atoms with E-state index in [1.807, 2.05) is 0 Å². The molecule has 0 radical (unpaired) electrons. The number of aryl methyl sites for hydroxylation is 2. The van der Waals surface area contributed by atoms with Gasteiger partial charge in [0.15, 0.2) is 0 Å². The van der Waals surface area contributed by atoms with Gasteiger partial charge in [0.25, 0.3) is 0 Å². The molecule has 0 saturated heterocycles. The van der Waals surface area contributed by atoms with E-state index >= 15 is 0 Å². The van der Waals surface area contributed by atoms with Crippen LogP contribution in [-0.2, 0) is 6.54 Å². The van der Waals surface area contributed by atoms with Crippen molar-refractivity contribution in [2.75, 3.05) is 29.9 Å². The molecule has 1 N–H and O–H groups in total. The summed E-state index contributed by atoms with van der Waals surface area (Å²) in [5.74, 6) is 0. The van der Waals surface area contributed by atoms with E-state index in [4.69, 9.17) is 0 Å². The second-order valence-electron chi connectivity index (χ2n) is 5.24. The second kappa shape index (κ2) is 4.61. The van der Waals surface area contributed by atoms with E-state index in [0.29, 0.717) is 0 Å². The number of hydrogen-bond acceptors (Lipinski definition) is 3. The molecule has 0 atom stereocenters. The SMILES string of the molecule is Cc1n[nH]c(C)c1CN1CCN(C)c2ccccc21. The lowest BCUT2D eigenvalue weighted by molar-refractivity contribution is 0.731. The number of para-hydroxylation sites is 2. The van der Waals surface area contributed by atoms with Crippen molar-refractivity contribution in [3.05, 3.63) is 41.2 Å². The Hall–Kier alpha value is -1.97. The van der Waals surface area contributed by atoms with Gasteiger partial charge in [-0.2, -0.15) is 5.10 Å². The van der Waals surface area contributed by atoms with Gasteiger partial charge in [-0.15, -0.1) is 0 Å². The van der Waals surface area contributed by atoms with E-state index in [-0.39, 0.29) is 0 Å². The van der Waals surface area contributed by atoms with Gasteiger partial charge in [-0.25, -0.2) is 0 Å². The van der Waals surface area contributed by atoms with Gasteiger partial charge < -0.3 is 9.80 Å². The Labute approximate surface area is 114 Å². The van der Waals surface area contributed by atoms with Gasteiger partial charge in [0.1, 0.15) is 0 Å². The Morgan fingerprint density at radius 1 is 1.16 bits per heavy atom. The maximum atomic E-state index is 4.29. The Morgan fingerprint density at radius 2 is 1.89 bits per heavy atom. The van der Waals surface area contributed by atoms with E-state index in [9.17, 15) is 0 Å². The quantitative estimate of drug-likeness (QED) is 0.896. The van der Waals surface area contributed by atoms with Crippen molar-refractivity contribution in [2.45, 2.75) is 20.4 Å². The molecule has 100 valence electrons. The van der Waals surface area contributed by atoms with Gasteiger partial charge in [-0.1, -0.05) is 12.1 Å². The van der Waals surface area contributed by atoms with Crippen LogP contribution in [0.4, 0.5) is 11.4 Å². The molecule has 2 aromatic rings.